The van der Waals surface area contributed by atoms with Crippen molar-refractivity contribution >= 4 is 0 Å². The molecule has 0 fully saturated rings. The van der Waals surface area contributed by atoms with Crippen LogP contribution in [0.1, 0.15) is 127 Å². The molecule has 0 unspecified atom stereocenters. The van der Waals surface area contributed by atoms with E-state index in [9.17, 15) is 0 Å². The third-order valence-corrected chi connectivity index (χ3v) is 8.56. The molecular formula is C32H40O4. The number of rotatable bonds is 4. The Morgan fingerprint density at radius 1 is 0.417 bits per heavy atom. The number of furan rings is 4. The van der Waals surface area contributed by atoms with Gasteiger partial charge < -0.3 is 17.7 Å². The van der Waals surface area contributed by atoms with Gasteiger partial charge in [0.25, 0.3) is 0 Å². The van der Waals surface area contributed by atoms with Crippen LogP contribution >= 0.6 is 0 Å². The highest BCUT2D eigenvalue weighted by atomic mass is 16.4. The Balaban J connectivity index is 1.77. The van der Waals surface area contributed by atoms with Crippen LogP contribution in [-0.4, -0.2) is 0 Å². The molecule has 0 aliphatic carbocycles. The molecule has 4 heteroatoms. The molecule has 0 spiro atoms. The monoisotopic (exact) mass is 488 g/mol. The van der Waals surface area contributed by atoms with Crippen molar-refractivity contribution in [2.75, 3.05) is 0 Å². The average Bonchev–Trinajstić information content (AvgIpc) is 3.65. The molecule has 0 N–H and O–H groups in total. The van der Waals surface area contributed by atoms with E-state index in [0.29, 0.717) is 0 Å². The van der Waals surface area contributed by atoms with E-state index in [1.54, 1.807) is 0 Å². The molecule has 0 atom stereocenters. The van der Waals surface area contributed by atoms with Gasteiger partial charge in [-0.3, -0.25) is 0 Å². The summed E-state index contributed by atoms with van der Waals surface area (Å²) in [5, 5.41) is 0. The van der Waals surface area contributed by atoms with E-state index in [0.717, 1.165) is 71.8 Å². The molecule has 0 aromatic carbocycles. The van der Waals surface area contributed by atoms with Crippen LogP contribution in [0.25, 0.3) is 0 Å². The fraction of sp³-hybridized carbons (Fsp3) is 0.500. The first-order valence-electron chi connectivity index (χ1n) is 13.4. The first-order chi connectivity index (χ1) is 17.0. The minimum Gasteiger partial charge on any atom is -0.464 e. The van der Waals surface area contributed by atoms with Crippen LogP contribution in [-0.2, 0) is 21.7 Å². The summed E-state index contributed by atoms with van der Waals surface area (Å²) >= 11 is 0. The molecule has 0 saturated carbocycles. The molecule has 0 radical (unpaired) electrons. The summed E-state index contributed by atoms with van der Waals surface area (Å²) < 4.78 is 26.6. The van der Waals surface area contributed by atoms with Gasteiger partial charge in [-0.2, -0.15) is 0 Å². The highest BCUT2D eigenvalue weighted by Crippen LogP contribution is 2.46. The first kappa shape index (κ1) is 24.8. The maximum absolute atomic E-state index is 6.64. The Morgan fingerprint density at radius 2 is 0.639 bits per heavy atom. The highest BCUT2D eigenvalue weighted by molar-refractivity contribution is 5.38. The van der Waals surface area contributed by atoms with Gasteiger partial charge in [-0.1, -0.05) is 26.7 Å². The highest BCUT2D eigenvalue weighted by Gasteiger charge is 2.42. The van der Waals surface area contributed by atoms with Gasteiger partial charge in [-0.05, 0) is 103 Å². The maximum Gasteiger partial charge on any atom is 0.117 e. The predicted octanol–water partition coefficient (Wildman–Crippen LogP) is 9.24. The molecule has 4 aromatic heterocycles. The summed E-state index contributed by atoms with van der Waals surface area (Å²) in [5.74, 6) is 7.22. The van der Waals surface area contributed by atoms with Crippen LogP contribution in [0, 0.1) is 0 Å². The third-order valence-electron chi connectivity index (χ3n) is 8.56. The standard InChI is InChI=1S/C32H40O4/c1-9-19-31(7)25-15-11-21(33-25)29(3,4)23-13-17-27(35-23)32(8,20-10-2)28-18-14-24(36-28)30(5,6)22-12-16-26(31)34-22/h11-18H,9-10,19-20H2,1-8H3. The van der Waals surface area contributed by atoms with Gasteiger partial charge in [0.2, 0.25) is 0 Å². The van der Waals surface area contributed by atoms with Crippen LogP contribution in [0.5, 0.6) is 0 Å². The van der Waals surface area contributed by atoms with Gasteiger partial charge >= 0.3 is 0 Å². The van der Waals surface area contributed by atoms with Crippen molar-refractivity contribution < 1.29 is 17.7 Å². The first-order valence-corrected chi connectivity index (χ1v) is 13.4. The van der Waals surface area contributed by atoms with E-state index < -0.39 is 10.8 Å². The maximum atomic E-state index is 6.64. The lowest BCUT2D eigenvalue weighted by Crippen LogP contribution is -2.24. The normalized spacial score (nSPS) is 24.7. The average molecular weight is 489 g/mol. The quantitative estimate of drug-likeness (QED) is 0.287. The largest absolute Gasteiger partial charge is 0.464 e. The van der Waals surface area contributed by atoms with Gasteiger partial charge in [0.15, 0.2) is 0 Å². The van der Waals surface area contributed by atoms with E-state index in [2.05, 4.69) is 104 Å². The van der Waals surface area contributed by atoms with Gasteiger partial charge in [-0.25, -0.2) is 0 Å². The molecule has 1 aliphatic heterocycles. The lowest BCUT2D eigenvalue weighted by molar-refractivity contribution is 0.253. The molecule has 192 valence electrons. The van der Waals surface area contributed by atoms with Crippen LogP contribution in [0.2, 0.25) is 0 Å². The Hall–Kier alpha value is -2.88. The Labute approximate surface area is 215 Å². The van der Waals surface area contributed by atoms with Crippen molar-refractivity contribution in [2.45, 2.75) is 103 Å². The molecule has 4 aromatic rings. The van der Waals surface area contributed by atoms with E-state index in [1.165, 1.54) is 0 Å². The topological polar surface area (TPSA) is 52.6 Å². The van der Waals surface area contributed by atoms with E-state index in [4.69, 9.17) is 17.7 Å². The van der Waals surface area contributed by atoms with Gasteiger partial charge in [0, 0.05) is 0 Å². The molecule has 0 amide bonds. The summed E-state index contributed by atoms with van der Waals surface area (Å²) in [6.45, 7) is 17.5. The zero-order valence-corrected chi connectivity index (χ0v) is 23.1. The molecule has 0 saturated heterocycles. The van der Waals surface area contributed by atoms with Crippen molar-refractivity contribution in [3.63, 3.8) is 0 Å². The molecule has 1 aliphatic rings. The van der Waals surface area contributed by atoms with Crippen molar-refractivity contribution in [2.24, 2.45) is 0 Å². The number of hydrogen-bond acceptors (Lipinski definition) is 4. The van der Waals surface area contributed by atoms with E-state index in [-0.39, 0.29) is 10.8 Å². The zero-order chi connectivity index (χ0) is 25.9. The van der Waals surface area contributed by atoms with Gasteiger partial charge in [0.1, 0.15) is 46.1 Å². The zero-order valence-electron chi connectivity index (χ0n) is 23.1. The predicted molar refractivity (Wildman–Crippen MR) is 142 cm³/mol. The summed E-state index contributed by atoms with van der Waals surface area (Å²) in [7, 11) is 0. The molecule has 5 rings (SSSR count). The van der Waals surface area contributed by atoms with Crippen LogP contribution in [0.4, 0.5) is 0 Å². The SMILES string of the molecule is CCCC1(C)c2ccc(o2)C(C)(C)c2ccc(o2)C(C)(CCC)c2ccc(o2)C(C)(C)c2ccc1o2. The van der Waals surface area contributed by atoms with Crippen LogP contribution in [0.15, 0.2) is 66.2 Å². The number of fused-ring (bicyclic) bond motifs is 8. The van der Waals surface area contributed by atoms with Gasteiger partial charge in [0.05, 0.1) is 21.7 Å². The fourth-order valence-corrected chi connectivity index (χ4v) is 5.86. The van der Waals surface area contributed by atoms with E-state index in [1.807, 2.05) is 0 Å². The van der Waals surface area contributed by atoms with Crippen LogP contribution < -0.4 is 0 Å². The minimum atomic E-state index is -0.432. The third kappa shape index (κ3) is 3.55. The fourth-order valence-electron chi connectivity index (χ4n) is 5.86. The molecule has 4 nitrogen and oxygen atoms in total. The van der Waals surface area contributed by atoms with E-state index >= 15 is 0 Å². The Kier molecular flexibility index (Phi) is 5.74. The molecule has 5 heterocycles. The summed E-state index contributed by atoms with van der Waals surface area (Å²) in [6.07, 6.45) is 3.85. The van der Waals surface area contributed by atoms with Crippen molar-refractivity contribution in [3.05, 3.63) is 94.6 Å². The van der Waals surface area contributed by atoms with Gasteiger partial charge in [-0.15, -0.1) is 0 Å². The summed E-state index contributed by atoms with van der Waals surface area (Å²) in [4.78, 5) is 0. The number of hydrogen-bond donors (Lipinski definition) is 0. The summed E-state index contributed by atoms with van der Waals surface area (Å²) in [5.41, 5.74) is -1.62. The lowest BCUT2D eigenvalue weighted by Gasteiger charge is -2.28. The minimum absolute atomic E-state index is 0.378. The summed E-state index contributed by atoms with van der Waals surface area (Å²) in [6, 6.07) is 16.8. The molecular weight excluding hydrogens is 448 g/mol. The molecule has 8 bridgehead atoms. The Morgan fingerprint density at radius 3 is 0.861 bits per heavy atom. The lowest BCUT2D eigenvalue weighted by atomic mass is 9.80. The second-order valence-electron chi connectivity index (χ2n) is 12.1. The Bertz CT molecular complexity index is 1160. The van der Waals surface area contributed by atoms with Crippen molar-refractivity contribution in [1.82, 2.24) is 0 Å². The van der Waals surface area contributed by atoms with Crippen molar-refractivity contribution in [3.8, 4) is 0 Å². The molecule has 36 heavy (non-hydrogen) atoms. The smallest absolute Gasteiger partial charge is 0.117 e. The second kappa shape index (κ2) is 8.33. The van der Waals surface area contributed by atoms with Crippen molar-refractivity contribution in [1.29, 1.82) is 0 Å². The van der Waals surface area contributed by atoms with Crippen LogP contribution in [0.3, 0.4) is 0 Å². The second-order valence-corrected chi connectivity index (χ2v) is 12.1.